The van der Waals surface area contributed by atoms with Crippen LogP contribution in [0.5, 0.6) is 0 Å². The molecule has 1 aliphatic rings. The predicted molar refractivity (Wildman–Crippen MR) is 42.0 cm³/mol. The van der Waals surface area contributed by atoms with Crippen molar-refractivity contribution in [3.05, 3.63) is 10.7 Å². The van der Waals surface area contributed by atoms with Crippen LogP contribution in [0.3, 0.4) is 0 Å². The van der Waals surface area contributed by atoms with Gasteiger partial charge in [0.2, 0.25) is 0 Å². The van der Waals surface area contributed by atoms with Gasteiger partial charge in [0.15, 0.2) is 0 Å². The molecule has 52 valence electrons. The first-order valence-electron chi connectivity index (χ1n) is 3.41. The molecule has 1 nitrogen and oxygen atoms in total. The van der Waals surface area contributed by atoms with Gasteiger partial charge in [-0.15, -0.1) is 0 Å². The second-order valence-corrected chi connectivity index (χ2v) is 13.2. The van der Waals surface area contributed by atoms with Crippen LogP contribution < -0.4 is 0 Å². The number of hydrogen-bond donors (Lipinski definition) is 0. The van der Waals surface area contributed by atoms with Crippen LogP contribution in [-0.2, 0) is 4.74 Å². The van der Waals surface area contributed by atoms with Crippen LogP contribution in [-0.4, -0.2) is 20.4 Å². The Bertz CT molecular complexity index is 138. The second-order valence-electron chi connectivity index (χ2n) is 3.20. The van der Waals surface area contributed by atoms with E-state index in [1.807, 2.05) is 0 Å². The standard InChI is InChI=1S/C7H14GeO/c1-8(2)6-4-5-7(8)9-3/h5H,4,6H2,1-3H3. The summed E-state index contributed by atoms with van der Waals surface area (Å²) in [6.07, 6.45) is 3.52. The van der Waals surface area contributed by atoms with E-state index in [0.717, 1.165) is 0 Å². The van der Waals surface area contributed by atoms with E-state index in [2.05, 4.69) is 17.6 Å². The van der Waals surface area contributed by atoms with Gasteiger partial charge in [0.05, 0.1) is 0 Å². The van der Waals surface area contributed by atoms with Gasteiger partial charge in [-0.2, -0.15) is 0 Å². The molecule has 2 heteroatoms. The molecule has 0 amide bonds. The van der Waals surface area contributed by atoms with Crippen LogP contribution in [0.4, 0.5) is 0 Å². The van der Waals surface area contributed by atoms with Crippen LogP contribution >= 0.6 is 0 Å². The van der Waals surface area contributed by atoms with E-state index >= 15 is 0 Å². The van der Waals surface area contributed by atoms with Crippen LogP contribution in [0.15, 0.2) is 10.7 Å². The molecule has 1 rings (SSSR count). The van der Waals surface area contributed by atoms with E-state index in [9.17, 15) is 0 Å². The van der Waals surface area contributed by atoms with Crippen molar-refractivity contribution in [2.75, 3.05) is 7.11 Å². The molecule has 0 unspecified atom stereocenters. The van der Waals surface area contributed by atoms with Gasteiger partial charge in [0.25, 0.3) is 0 Å². The summed E-state index contributed by atoms with van der Waals surface area (Å²) >= 11 is -1.50. The molecule has 9 heavy (non-hydrogen) atoms. The van der Waals surface area contributed by atoms with Gasteiger partial charge in [0.1, 0.15) is 0 Å². The first-order chi connectivity index (χ1) is 4.17. The SMILES string of the molecule is CO[C]1=CC[CH2][Ge]1([CH3])[CH3]. The van der Waals surface area contributed by atoms with Gasteiger partial charge in [-0.25, -0.2) is 0 Å². The number of rotatable bonds is 1. The van der Waals surface area contributed by atoms with Gasteiger partial charge in [0, 0.05) is 0 Å². The Morgan fingerprint density at radius 3 is 2.44 bits per heavy atom. The van der Waals surface area contributed by atoms with Gasteiger partial charge in [-0.05, 0) is 0 Å². The molecule has 0 N–H and O–H groups in total. The first kappa shape index (κ1) is 7.19. The zero-order valence-corrected chi connectivity index (χ0v) is 8.50. The van der Waals surface area contributed by atoms with E-state index in [-0.39, 0.29) is 0 Å². The fraction of sp³-hybridized carbons (Fsp3) is 0.714. The topological polar surface area (TPSA) is 9.23 Å². The number of methoxy groups -OCH3 is 1. The molecule has 0 aromatic heterocycles. The van der Waals surface area contributed by atoms with E-state index < -0.39 is 13.3 Å². The third kappa shape index (κ3) is 1.31. The minimum atomic E-state index is -1.50. The maximum atomic E-state index is 5.27. The summed E-state index contributed by atoms with van der Waals surface area (Å²) in [6.45, 7) is 0. The first-order valence-corrected chi connectivity index (χ1v) is 10.1. The molecular formula is C7H14GeO. The van der Waals surface area contributed by atoms with Crippen LogP contribution in [0.25, 0.3) is 0 Å². The molecular weight excluding hydrogens is 173 g/mol. The molecule has 0 atom stereocenters. The fourth-order valence-electron chi connectivity index (χ4n) is 1.32. The van der Waals surface area contributed by atoms with Gasteiger partial charge < -0.3 is 0 Å². The zero-order chi connectivity index (χ0) is 6.91. The van der Waals surface area contributed by atoms with Crippen molar-refractivity contribution in [2.24, 2.45) is 0 Å². The summed E-state index contributed by atoms with van der Waals surface area (Å²) in [5.41, 5.74) is 0. The van der Waals surface area contributed by atoms with E-state index in [1.165, 1.54) is 16.3 Å². The van der Waals surface area contributed by atoms with Crippen molar-refractivity contribution in [1.29, 1.82) is 0 Å². The Hall–Kier alpha value is 0.0829. The normalized spacial score (nSPS) is 23.7. The van der Waals surface area contributed by atoms with Crippen LogP contribution in [0.1, 0.15) is 6.42 Å². The van der Waals surface area contributed by atoms with Crippen molar-refractivity contribution in [3.63, 3.8) is 0 Å². The Morgan fingerprint density at radius 1 is 1.56 bits per heavy atom. The molecule has 0 aromatic rings. The monoisotopic (exact) mass is 188 g/mol. The average molecular weight is 187 g/mol. The summed E-state index contributed by atoms with van der Waals surface area (Å²) in [5.74, 6) is 4.81. The molecule has 0 saturated heterocycles. The Morgan fingerprint density at radius 2 is 2.22 bits per heavy atom. The van der Waals surface area contributed by atoms with Crippen molar-refractivity contribution in [3.8, 4) is 0 Å². The van der Waals surface area contributed by atoms with Gasteiger partial charge >= 0.3 is 59.0 Å². The summed E-state index contributed by atoms with van der Waals surface area (Å²) in [4.78, 5) is 0. The molecule has 0 aliphatic carbocycles. The van der Waals surface area contributed by atoms with Crippen molar-refractivity contribution in [2.45, 2.75) is 23.2 Å². The molecule has 0 aromatic carbocycles. The summed E-state index contributed by atoms with van der Waals surface area (Å²) in [6, 6.07) is 0. The minimum absolute atomic E-state index is 1.26. The third-order valence-corrected chi connectivity index (χ3v) is 8.87. The number of ether oxygens (including phenoxy) is 1. The van der Waals surface area contributed by atoms with Crippen LogP contribution in [0.2, 0.25) is 16.8 Å². The van der Waals surface area contributed by atoms with Crippen molar-refractivity contribution in [1.82, 2.24) is 0 Å². The second kappa shape index (κ2) is 2.37. The molecule has 0 saturated carbocycles. The summed E-state index contributed by atoms with van der Waals surface area (Å²) in [7, 11) is 1.80. The van der Waals surface area contributed by atoms with Crippen molar-refractivity contribution >= 4 is 13.3 Å². The third-order valence-electron chi connectivity index (χ3n) is 1.99. The molecule has 0 bridgehead atoms. The van der Waals surface area contributed by atoms with E-state index in [1.54, 1.807) is 7.11 Å². The van der Waals surface area contributed by atoms with E-state index in [4.69, 9.17) is 4.74 Å². The molecule has 1 heterocycles. The van der Waals surface area contributed by atoms with Gasteiger partial charge in [-0.1, -0.05) is 0 Å². The van der Waals surface area contributed by atoms with Crippen LogP contribution in [0, 0.1) is 0 Å². The number of hydrogen-bond acceptors (Lipinski definition) is 1. The molecule has 0 radical (unpaired) electrons. The van der Waals surface area contributed by atoms with Gasteiger partial charge in [-0.3, -0.25) is 0 Å². The zero-order valence-electron chi connectivity index (χ0n) is 6.40. The summed E-state index contributed by atoms with van der Waals surface area (Å²) < 4.78 is 6.61. The van der Waals surface area contributed by atoms with E-state index in [0.29, 0.717) is 0 Å². The predicted octanol–water partition coefficient (Wildman–Crippen LogP) is 2.17. The van der Waals surface area contributed by atoms with Crippen molar-refractivity contribution < 1.29 is 4.74 Å². The Kier molecular flexibility index (Phi) is 1.89. The quantitative estimate of drug-likeness (QED) is 0.571. The summed E-state index contributed by atoms with van der Waals surface area (Å²) in [5, 5.41) is 1.42. The molecule has 0 fully saturated rings. The molecule has 0 spiro atoms. The Labute approximate surface area is 59.4 Å². The average Bonchev–Trinajstić information content (AvgIpc) is 2.08. The maximum absolute atomic E-state index is 5.27. The fourth-order valence-corrected chi connectivity index (χ4v) is 6.28. The molecule has 1 aliphatic heterocycles. The number of allylic oxidation sites excluding steroid dienone is 1. The Balaban J connectivity index is 2.69.